The van der Waals surface area contributed by atoms with Crippen LogP contribution in [0.3, 0.4) is 0 Å². The third kappa shape index (κ3) is 3.46. The Bertz CT molecular complexity index is 369. The number of rotatable bonds is 4. The Kier molecular flexibility index (Phi) is 4.51. The molecule has 0 spiro atoms. The smallest absolute Gasteiger partial charge is 0.122 e. The third-order valence-electron chi connectivity index (χ3n) is 3.38. The van der Waals surface area contributed by atoms with Gasteiger partial charge < -0.3 is 4.74 Å². The summed E-state index contributed by atoms with van der Waals surface area (Å²) in [6.07, 6.45) is 4.95. The molecule has 1 aliphatic rings. The average Bonchev–Trinajstić information content (AvgIpc) is 2.74. The van der Waals surface area contributed by atoms with Crippen LogP contribution in [0.1, 0.15) is 25.7 Å². The lowest BCUT2D eigenvalue weighted by Crippen LogP contribution is -2.27. The fraction of sp³-hybridized carbons (Fsp3) is 0.538. The lowest BCUT2D eigenvalue weighted by Gasteiger charge is -2.26. The molecule has 0 saturated heterocycles. The van der Waals surface area contributed by atoms with Crippen LogP contribution < -0.4 is 4.74 Å². The SMILES string of the molecule is SCC1(COc2cc(Cl)cc(Cl)c2)CCCC1. The molecule has 1 nitrogen and oxygen atoms in total. The molecule has 0 radical (unpaired) electrons. The van der Waals surface area contributed by atoms with Crippen LogP contribution in [0, 0.1) is 5.41 Å². The zero-order valence-electron chi connectivity index (χ0n) is 9.59. The van der Waals surface area contributed by atoms with E-state index in [2.05, 4.69) is 12.6 Å². The predicted octanol–water partition coefficient (Wildman–Crippen LogP) is 4.86. The second-order valence-electron chi connectivity index (χ2n) is 4.76. The molecule has 4 heteroatoms. The minimum absolute atomic E-state index is 0.234. The van der Waals surface area contributed by atoms with Gasteiger partial charge in [0.2, 0.25) is 0 Å². The molecule has 1 aromatic carbocycles. The van der Waals surface area contributed by atoms with Crippen molar-refractivity contribution in [2.24, 2.45) is 5.41 Å². The van der Waals surface area contributed by atoms with Gasteiger partial charge in [-0.25, -0.2) is 0 Å². The summed E-state index contributed by atoms with van der Waals surface area (Å²) in [5.74, 6) is 1.62. The Morgan fingerprint density at radius 2 is 1.71 bits per heavy atom. The van der Waals surface area contributed by atoms with E-state index in [1.165, 1.54) is 25.7 Å². The van der Waals surface area contributed by atoms with Crippen molar-refractivity contribution in [3.8, 4) is 5.75 Å². The highest BCUT2D eigenvalue weighted by molar-refractivity contribution is 7.80. The van der Waals surface area contributed by atoms with Crippen molar-refractivity contribution < 1.29 is 4.74 Å². The molecule has 1 fully saturated rings. The normalized spacial score (nSPS) is 18.3. The number of hydrogen-bond acceptors (Lipinski definition) is 2. The lowest BCUT2D eigenvalue weighted by molar-refractivity contribution is 0.173. The number of hydrogen-bond donors (Lipinski definition) is 1. The summed E-state index contributed by atoms with van der Waals surface area (Å²) in [7, 11) is 0. The minimum atomic E-state index is 0.234. The van der Waals surface area contributed by atoms with Crippen LogP contribution in [-0.4, -0.2) is 12.4 Å². The molecule has 0 aromatic heterocycles. The van der Waals surface area contributed by atoms with Gasteiger partial charge in [0, 0.05) is 15.5 Å². The van der Waals surface area contributed by atoms with Gasteiger partial charge in [-0.3, -0.25) is 0 Å². The van der Waals surface area contributed by atoms with Crippen molar-refractivity contribution in [3.05, 3.63) is 28.2 Å². The molecular formula is C13H16Cl2OS. The Morgan fingerprint density at radius 3 is 2.24 bits per heavy atom. The summed E-state index contributed by atoms with van der Waals surface area (Å²) in [6.45, 7) is 0.702. The van der Waals surface area contributed by atoms with Crippen molar-refractivity contribution in [3.63, 3.8) is 0 Å². The molecule has 0 heterocycles. The van der Waals surface area contributed by atoms with Crippen LogP contribution in [0.5, 0.6) is 5.75 Å². The van der Waals surface area contributed by atoms with Crippen LogP contribution in [0.2, 0.25) is 10.0 Å². The van der Waals surface area contributed by atoms with Gasteiger partial charge in [-0.15, -0.1) is 0 Å². The molecule has 0 atom stereocenters. The van der Waals surface area contributed by atoms with E-state index in [1.807, 2.05) is 0 Å². The Balaban J connectivity index is 2.01. The summed E-state index contributed by atoms with van der Waals surface area (Å²) in [5.41, 5.74) is 0.234. The Morgan fingerprint density at radius 1 is 1.12 bits per heavy atom. The number of ether oxygens (including phenoxy) is 1. The second-order valence-corrected chi connectivity index (χ2v) is 5.95. The number of halogens is 2. The Labute approximate surface area is 118 Å². The summed E-state index contributed by atoms with van der Waals surface area (Å²) in [4.78, 5) is 0. The first-order valence-electron chi connectivity index (χ1n) is 5.83. The van der Waals surface area contributed by atoms with Gasteiger partial charge in [-0.2, -0.15) is 12.6 Å². The van der Waals surface area contributed by atoms with Crippen molar-refractivity contribution >= 4 is 35.8 Å². The molecule has 0 unspecified atom stereocenters. The highest BCUT2D eigenvalue weighted by Gasteiger charge is 2.33. The lowest BCUT2D eigenvalue weighted by atomic mass is 9.90. The van der Waals surface area contributed by atoms with Crippen LogP contribution in [-0.2, 0) is 0 Å². The molecule has 1 aliphatic carbocycles. The van der Waals surface area contributed by atoms with Gasteiger partial charge >= 0.3 is 0 Å². The minimum Gasteiger partial charge on any atom is -0.493 e. The first-order chi connectivity index (χ1) is 8.13. The van der Waals surface area contributed by atoms with E-state index in [0.717, 1.165) is 11.5 Å². The van der Waals surface area contributed by atoms with Gasteiger partial charge in [-0.1, -0.05) is 36.0 Å². The Hall–Kier alpha value is -0.0500. The predicted molar refractivity (Wildman–Crippen MR) is 76.7 cm³/mol. The summed E-state index contributed by atoms with van der Waals surface area (Å²) >= 11 is 16.3. The van der Waals surface area contributed by atoms with Gasteiger partial charge in [0.25, 0.3) is 0 Å². The fourth-order valence-electron chi connectivity index (χ4n) is 2.32. The summed E-state index contributed by atoms with van der Waals surface area (Å²) < 4.78 is 5.83. The van der Waals surface area contributed by atoms with Crippen molar-refractivity contribution in [2.45, 2.75) is 25.7 Å². The highest BCUT2D eigenvalue weighted by atomic mass is 35.5. The van der Waals surface area contributed by atoms with E-state index in [0.29, 0.717) is 16.7 Å². The molecular weight excluding hydrogens is 275 g/mol. The van der Waals surface area contributed by atoms with Gasteiger partial charge in [0.1, 0.15) is 5.75 Å². The van der Waals surface area contributed by atoms with Gasteiger partial charge in [-0.05, 0) is 36.8 Å². The van der Waals surface area contributed by atoms with E-state index in [4.69, 9.17) is 27.9 Å². The van der Waals surface area contributed by atoms with Crippen molar-refractivity contribution in [1.29, 1.82) is 0 Å². The van der Waals surface area contributed by atoms with Crippen molar-refractivity contribution in [2.75, 3.05) is 12.4 Å². The number of thiol groups is 1. The molecule has 2 rings (SSSR count). The van der Waals surface area contributed by atoms with Crippen molar-refractivity contribution in [1.82, 2.24) is 0 Å². The zero-order chi connectivity index (χ0) is 12.3. The van der Waals surface area contributed by atoms with Gasteiger partial charge in [0.15, 0.2) is 0 Å². The second kappa shape index (κ2) is 5.73. The molecule has 0 amide bonds. The van der Waals surface area contributed by atoms with Crippen LogP contribution >= 0.6 is 35.8 Å². The topological polar surface area (TPSA) is 9.23 Å². The largest absolute Gasteiger partial charge is 0.493 e. The first-order valence-corrected chi connectivity index (χ1v) is 7.22. The van der Waals surface area contributed by atoms with E-state index < -0.39 is 0 Å². The third-order valence-corrected chi connectivity index (χ3v) is 4.49. The maximum Gasteiger partial charge on any atom is 0.122 e. The van der Waals surface area contributed by atoms with Crippen LogP contribution in [0.15, 0.2) is 18.2 Å². The molecule has 1 aromatic rings. The maximum absolute atomic E-state index is 5.93. The number of benzene rings is 1. The fourth-order valence-corrected chi connectivity index (χ4v) is 3.23. The highest BCUT2D eigenvalue weighted by Crippen LogP contribution is 2.39. The van der Waals surface area contributed by atoms with E-state index in [9.17, 15) is 0 Å². The molecule has 0 aliphatic heterocycles. The van der Waals surface area contributed by atoms with Crippen LogP contribution in [0.25, 0.3) is 0 Å². The van der Waals surface area contributed by atoms with Gasteiger partial charge in [0.05, 0.1) is 6.61 Å². The summed E-state index contributed by atoms with van der Waals surface area (Å²) in [6, 6.07) is 5.31. The molecule has 0 N–H and O–H groups in total. The monoisotopic (exact) mass is 290 g/mol. The molecule has 94 valence electrons. The summed E-state index contributed by atoms with van der Waals surface area (Å²) in [5, 5.41) is 1.22. The molecule has 17 heavy (non-hydrogen) atoms. The maximum atomic E-state index is 5.93. The average molecular weight is 291 g/mol. The zero-order valence-corrected chi connectivity index (χ0v) is 12.0. The molecule has 1 saturated carbocycles. The quantitative estimate of drug-likeness (QED) is 0.779. The standard InChI is InChI=1S/C13H16Cl2OS/c14-10-5-11(15)7-12(6-10)16-8-13(9-17)3-1-2-4-13/h5-7,17H,1-4,8-9H2. The van der Waals surface area contributed by atoms with Crippen LogP contribution in [0.4, 0.5) is 0 Å². The van der Waals surface area contributed by atoms with E-state index in [-0.39, 0.29) is 5.41 Å². The van der Waals surface area contributed by atoms with E-state index in [1.54, 1.807) is 18.2 Å². The van der Waals surface area contributed by atoms with E-state index >= 15 is 0 Å². The first kappa shape index (κ1) is 13.4. The molecule has 0 bridgehead atoms.